The zero-order valence-corrected chi connectivity index (χ0v) is 11.4. The highest BCUT2D eigenvalue weighted by Crippen LogP contribution is 2.31. The number of methoxy groups -OCH3 is 1. The van der Waals surface area contributed by atoms with Crippen LogP contribution in [0.15, 0.2) is 24.3 Å². The lowest BCUT2D eigenvalue weighted by Gasteiger charge is -2.29. The monoisotopic (exact) mass is 247 g/mol. The third-order valence-corrected chi connectivity index (χ3v) is 4.28. The molecule has 1 aliphatic carbocycles. The van der Waals surface area contributed by atoms with E-state index in [1.54, 1.807) is 7.11 Å². The molecular weight excluding hydrogens is 222 g/mol. The number of rotatable bonds is 5. The summed E-state index contributed by atoms with van der Waals surface area (Å²) in [6.07, 6.45) is 8.06. The Kier molecular flexibility index (Phi) is 5.06. The summed E-state index contributed by atoms with van der Waals surface area (Å²) in [6, 6.07) is 8.43. The molecule has 2 N–H and O–H groups in total. The molecule has 0 heterocycles. The molecule has 1 aromatic carbocycles. The lowest BCUT2D eigenvalue weighted by molar-refractivity contribution is 0.251. The minimum atomic E-state index is 0.652. The highest BCUT2D eigenvalue weighted by molar-refractivity contribution is 5.27. The van der Waals surface area contributed by atoms with Crippen molar-refractivity contribution in [1.29, 1.82) is 0 Å². The van der Waals surface area contributed by atoms with Crippen molar-refractivity contribution in [2.75, 3.05) is 13.7 Å². The molecule has 0 spiro atoms. The Hall–Kier alpha value is -1.02. The molecule has 1 aromatic rings. The minimum absolute atomic E-state index is 0.652. The molecule has 1 unspecified atom stereocenters. The van der Waals surface area contributed by atoms with Gasteiger partial charge in [-0.2, -0.15) is 0 Å². The second kappa shape index (κ2) is 6.79. The van der Waals surface area contributed by atoms with Crippen LogP contribution in [-0.2, 0) is 6.42 Å². The van der Waals surface area contributed by atoms with Gasteiger partial charge in [0.15, 0.2) is 0 Å². The predicted octanol–water partition coefficient (Wildman–Crippen LogP) is 3.39. The van der Waals surface area contributed by atoms with Gasteiger partial charge in [-0.1, -0.05) is 44.2 Å². The highest BCUT2D eigenvalue weighted by atomic mass is 16.5. The van der Waals surface area contributed by atoms with Crippen LogP contribution in [0.4, 0.5) is 0 Å². The van der Waals surface area contributed by atoms with Gasteiger partial charge in [0.25, 0.3) is 0 Å². The molecule has 100 valence electrons. The van der Waals surface area contributed by atoms with Gasteiger partial charge in [-0.05, 0) is 42.5 Å². The second-order valence-electron chi connectivity index (χ2n) is 5.45. The number of nitrogens with two attached hydrogens (primary N) is 1. The Balaban J connectivity index is 1.95. The molecule has 1 atom stereocenters. The van der Waals surface area contributed by atoms with Crippen LogP contribution >= 0.6 is 0 Å². The summed E-state index contributed by atoms with van der Waals surface area (Å²) in [7, 11) is 1.71. The molecule has 0 radical (unpaired) electrons. The van der Waals surface area contributed by atoms with E-state index in [1.165, 1.54) is 37.7 Å². The zero-order chi connectivity index (χ0) is 12.8. The van der Waals surface area contributed by atoms with Crippen LogP contribution in [0.2, 0.25) is 0 Å². The van der Waals surface area contributed by atoms with Crippen molar-refractivity contribution < 1.29 is 4.74 Å². The van der Waals surface area contributed by atoms with Gasteiger partial charge in [-0.15, -0.1) is 0 Å². The van der Waals surface area contributed by atoms with E-state index in [-0.39, 0.29) is 0 Å². The predicted molar refractivity (Wildman–Crippen MR) is 75.8 cm³/mol. The average molecular weight is 247 g/mol. The third-order valence-electron chi connectivity index (χ3n) is 4.28. The van der Waals surface area contributed by atoms with Crippen LogP contribution in [0, 0.1) is 11.8 Å². The molecule has 0 aromatic heterocycles. The maximum Gasteiger partial charge on any atom is 0.118 e. The van der Waals surface area contributed by atoms with Crippen molar-refractivity contribution in [3.63, 3.8) is 0 Å². The number of hydrogen-bond acceptors (Lipinski definition) is 2. The molecule has 18 heavy (non-hydrogen) atoms. The number of benzene rings is 1. The maximum absolute atomic E-state index is 5.98. The lowest BCUT2D eigenvalue weighted by atomic mass is 9.77. The first kappa shape index (κ1) is 13.4. The van der Waals surface area contributed by atoms with Crippen LogP contribution in [0.1, 0.15) is 37.7 Å². The van der Waals surface area contributed by atoms with Crippen LogP contribution < -0.4 is 10.5 Å². The molecule has 0 saturated heterocycles. The summed E-state index contributed by atoms with van der Waals surface area (Å²) < 4.78 is 5.19. The summed E-state index contributed by atoms with van der Waals surface area (Å²) in [5.74, 6) is 2.42. The Bertz CT molecular complexity index is 341. The summed E-state index contributed by atoms with van der Waals surface area (Å²) in [6.45, 7) is 0.816. The van der Waals surface area contributed by atoms with Crippen molar-refractivity contribution in [3.05, 3.63) is 29.8 Å². The van der Waals surface area contributed by atoms with Gasteiger partial charge in [-0.25, -0.2) is 0 Å². The van der Waals surface area contributed by atoms with Crippen molar-refractivity contribution >= 4 is 0 Å². The largest absolute Gasteiger partial charge is 0.497 e. The van der Waals surface area contributed by atoms with Gasteiger partial charge in [0.2, 0.25) is 0 Å². The maximum atomic E-state index is 5.98. The van der Waals surface area contributed by atoms with Crippen molar-refractivity contribution in [3.8, 4) is 5.75 Å². The average Bonchev–Trinajstić information content (AvgIpc) is 2.46. The molecule has 1 aliphatic rings. The first-order valence-electron chi connectivity index (χ1n) is 7.16. The quantitative estimate of drug-likeness (QED) is 0.865. The molecule has 2 rings (SSSR count). The third kappa shape index (κ3) is 3.49. The first-order chi connectivity index (χ1) is 8.83. The van der Waals surface area contributed by atoms with E-state index < -0.39 is 0 Å². The highest BCUT2D eigenvalue weighted by Gasteiger charge is 2.22. The fourth-order valence-corrected chi connectivity index (χ4v) is 3.11. The van der Waals surface area contributed by atoms with E-state index in [2.05, 4.69) is 12.1 Å². The topological polar surface area (TPSA) is 35.2 Å². The Morgan fingerprint density at radius 2 is 1.83 bits per heavy atom. The Labute approximate surface area is 111 Å². The normalized spacial score (nSPS) is 18.6. The van der Waals surface area contributed by atoms with E-state index >= 15 is 0 Å². The Morgan fingerprint density at radius 3 is 2.39 bits per heavy atom. The second-order valence-corrected chi connectivity index (χ2v) is 5.45. The van der Waals surface area contributed by atoms with Gasteiger partial charge >= 0.3 is 0 Å². The smallest absolute Gasteiger partial charge is 0.118 e. The standard InChI is InChI=1S/C16H25NO/c1-18-16-9-7-13(8-10-16)11-15(12-17)14-5-3-2-4-6-14/h7-10,14-15H,2-6,11-12,17H2,1H3. The van der Waals surface area contributed by atoms with Crippen molar-refractivity contribution in [1.82, 2.24) is 0 Å². The lowest BCUT2D eigenvalue weighted by Crippen LogP contribution is -2.27. The molecule has 2 nitrogen and oxygen atoms in total. The van der Waals surface area contributed by atoms with E-state index in [4.69, 9.17) is 10.5 Å². The van der Waals surface area contributed by atoms with Crippen LogP contribution in [0.3, 0.4) is 0 Å². The van der Waals surface area contributed by atoms with Gasteiger partial charge in [-0.3, -0.25) is 0 Å². The molecule has 0 aliphatic heterocycles. The summed E-state index contributed by atoms with van der Waals surface area (Å²) in [4.78, 5) is 0. The summed E-state index contributed by atoms with van der Waals surface area (Å²) in [5.41, 5.74) is 7.37. The van der Waals surface area contributed by atoms with Gasteiger partial charge < -0.3 is 10.5 Å². The zero-order valence-electron chi connectivity index (χ0n) is 11.4. The fraction of sp³-hybridized carbons (Fsp3) is 0.625. The van der Waals surface area contributed by atoms with Crippen LogP contribution in [0.5, 0.6) is 5.75 Å². The van der Waals surface area contributed by atoms with E-state index in [9.17, 15) is 0 Å². The summed E-state index contributed by atoms with van der Waals surface area (Å²) >= 11 is 0. The van der Waals surface area contributed by atoms with Gasteiger partial charge in [0.1, 0.15) is 5.75 Å². The molecule has 1 saturated carbocycles. The van der Waals surface area contributed by atoms with Crippen molar-refractivity contribution in [2.45, 2.75) is 38.5 Å². The molecular formula is C16H25NO. The molecule has 0 bridgehead atoms. The molecule has 0 amide bonds. The summed E-state index contributed by atoms with van der Waals surface area (Å²) in [5, 5.41) is 0. The van der Waals surface area contributed by atoms with Crippen LogP contribution in [0.25, 0.3) is 0 Å². The SMILES string of the molecule is COc1ccc(CC(CN)C2CCCCC2)cc1. The van der Waals surface area contributed by atoms with Gasteiger partial charge in [0.05, 0.1) is 7.11 Å². The van der Waals surface area contributed by atoms with Crippen molar-refractivity contribution in [2.24, 2.45) is 17.6 Å². The molecule has 1 fully saturated rings. The van der Waals surface area contributed by atoms with E-state index in [1.807, 2.05) is 12.1 Å². The molecule has 2 heteroatoms. The minimum Gasteiger partial charge on any atom is -0.497 e. The number of ether oxygens (including phenoxy) is 1. The van der Waals surface area contributed by atoms with E-state index in [0.717, 1.165) is 24.6 Å². The Morgan fingerprint density at radius 1 is 1.17 bits per heavy atom. The van der Waals surface area contributed by atoms with E-state index in [0.29, 0.717) is 5.92 Å². The fourth-order valence-electron chi connectivity index (χ4n) is 3.11. The van der Waals surface area contributed by atoms with Gasteiger partial charge in [0, 0.05) is 0 Å². The first-order valence-corrected chi connectivity index (χ1v) is 7.16. The number of hydrogen-bond donors (Lipinski definition) is 1. The van der Waals surface area contributed by atoms with Crippen LogP contribution in [-0.4, -0.2) is 13.7 Å².